The summed E-state index contributed by atoms with van der Waals surface area (Å²) in [5, 5.41) is 3.53. The number of nitrogen functional groups attached to an aromatic ring is 1. The molecule has 1 unspecified atom stereocenters. The predicted molar refractivity (Wildman–Crippen MR) is 121 cm³/mol. The van der Waals surface area contributed by atoms with Gasteiger partial charge in [-0.1, -0.05) is 41.9 Å². The Balaban J connectivity index is 1.57. The fraction of sp³-hybridized carbons (Fsp3) is 0.261. The minimum atomic E-state index is -0.307. The molecule has 2 aromatic carbocycles. The standard InChI is InChI=1S/C23H22ClN5O2/c24-16-8-2-1-6-14(16)12-26-23(30)19-20-22(28-18-10-4-3-9-17(18)27-20)29(21(19)25)13-15-7-5-11-31-15/h1-4,6,8-10,15H,5,7,11-13,25H2,(H,26,30). The van der Waals surface area contributed by atoms with E-state index in [4.69, 9.17) is 32.0 Å². The first-order valence-electron chi connectivity index (χ1n) is 10.3. The SMILES string of the molecule is Nc1c(C(=O)NCc2ccccc2Cl)c2nc3ccccc3nc2n1CC1CCCO1. The maximum Gasteiger partial charge on any atom is 0.257 e. The van der Waals surface area contributed by atoms with E-state index in [9.17, 15) is 4.79 Å². The summed E-state index contributed by atoms with van der Waals surface area (Å²) >= 11 is 6.23. The zero-order valence-electron chi connectivity index (χ0n) is 16.8. The van der Waals surface area contributed by atoms with Crippen molar-refractivity contribution in [3.05, 3.63) is 64.7 Å². The number of carbonyl (C=O) groups is 1. The Morgan fingerprint density at radius 3 is 2.65 bits per heavy atom. The number of nitrogens with one attached hydrogen (secondary N) is 1. The summed E-state index contributed by atoms with van der Waals surface area (Å²) in [6.07, 6.45) is 2.02. The minimum Gasteiger partial charge on any atom is -0.384 e. The monoisotopic (exact) mass is 435 g/mol. The van der Waals surface area contributed by atoms with Crippen LogP contribution in [0.2, 0.25) is 5.02 Å². The molecule has 1 amide bonds. The lowest BCUT2D eigenvalue weighted by molar-refractivity contribution is 0.0947. The Kier molecular flexibility index (Phi) is 5.21. The van der Waals surface area contributed by atoms with Crippen molar-refractivity contribution >= 4 is 45.5 Å². The first kappa shape index (κ1) is 19.8. The number of rotatable bonds is 5. The Morgan fingerprint density at radius 2 is 1.90 bits per heavy atom. The Labute approximate surface area is 184 Å². The van der Waals surface area contributed by atoms with E-state index < -0.39 is 0 Å². The molecule has 1 fully saturated rings. The average Bonchev–Trinajstić information content (AvgIpc) is 3.38. The molecule has 158 valence electrons. The normalized spacial score (nSPS) is 16.2. The molecule has 7 nitrogen and oxygen atoms in total. The fourth-order valence-electron chi connectivity index (χ4n) is 4.02. The van der Waals surface area contributed by atoms with Crippen LogP contribution in [0.5, 0.6) is 0 Å². The van der Waals surface area contributed by atoms with Gasteiger partial charge in [0.05, 0.1) is 23.7 Å². The number of benzene rings is 2. The first-order valence-corrected chi connectivity index (χ1v) is 10.7. The second-order valence-corrected chi connectivity index (χ2v) is 8.07. The van der Waals surface area contributed by atoms with E-state index in [-0.39, 0.29) is 18.6 Å². The quantitative estimate of drug-likeness (QED) is 0.495. The van der Waals surface area contributed by atoms with Gasteiger partial charge in [-0.3, -0.25) is 4.79 Å². The van der Waals surface area contributed by atoms with Crippen molar-refractivity contribution in [3.63, 3.8) is 0 Å². The summed E-state index contributed by atoms with van der Waals surface area (Å²) in [4.78, 5) is 22.7. The lowest BCUT2D eigenvalue weighted by Crippen LogP contribution is -2.24. The summed E-state index contributed by atoms with van der Waals surface area (Å²) in [5.74, 6) is 0.0376. The number of ether oxygens (including phenoxy) is 1. The molecule has 2 aromatic heterocycles. The van der Waals surface area contributed by atoms with E-state index in [1.807, 2.05) is 47.0 Å². The van der Waals surface area contributed by atoms with Crippen LogP contribution in [0.4, 0.5) is 5.82 Å². The zero-order valence-corrected chi connectivity index (χ0v) is 17.6. The lowest BCUT2D eigenvalue weighted by Gasteiger charge is -2.13. The smallest absolute Gasteiger partial charge is 0.257 e. The van der Waals surface area contributed by atoms with Gasteiger partial charge >= 0.3 is 0 Å². The van der Waals surface area contributed by atoms with E-state index >= 15 is 0 Å². The van der Waals surface area contributed by atoms with Crippen molar-refractivity contribution in [1.82, 2.24) is 19.9 Å². The van der Waals surface area contributed by atoms with Crippen LogP contribution in [-0.4, -0.2) is 33.2 Å². The van der Waals surface area contributed by atoms with E-state index in [0.29, 0.717) is 39.6 Å². The van der Waals surface area contributed by atoms with Gasteiger partial charge in [0.15, 0.2) is 5.65 Å². The van der Waals surface area contributed by atoms with Crippen LogP contribution in [0.3, 0.4) is 0 Å². The van der Waals surface area contributed by atoms with Crippen LogP contribution in [-0.2, 0) is 17.8 Å². The van der Waals surface area contributed by atoms with E-state index in [2.05, 4.69) is 5.32 Å². The number of nitrogens with zero attached hydrogens (tertiary/aromatic N) is 3. The third-order valence-electron chi connectivity index (χ3n) is 5.63. The third kappa shape index (κ3) is 3.71. The molecule has 0 bridgehead atoms. The van der Waals surface area contributed by atoms with E-state index in [1.165, 1.54) is 0 Å². The van der Waals surface area contributed by atoms with Crippen molar-refractivity contribution in [3.8, 4) is 0 Å². The molecule has 3 N–H and O–H groups in total. The van der Waals surface area contributed by atoms with Crippen LogP contribution < -0.4 is 11.1 Å². The number of carbonyl (C=O) groups excluding carboxylic acids is 1. The number of halogens is 1. The highest BCUT2D eigenvalue weighted by Crippen LogP contribution is 2.29. The summed E-state index contributed by atoms with van der Waals surface area (Å²) in [5.41, 5.74) is 10.2. The van der Waals surface area contributed by atoms with Crippen LogP contribution in [0.25, 0.3) is 22.2 Å². The van der Waals surface area contributed by atoms with Gasteiger partial charge in [-0.05, 0) is 36.6 Å². The molecule has 0 radical (unpaired) electrons. The molecule has 1 atom stereocenters. The molecule has 1 saturated heterocycles. The molecule has 0 saturated carbocycles. The molecule has 4 aromatic rings. The number of para-hydroxylation sites is 2. The second kappa shape index (κ2) is 8.17. The number of anilines is 1. The number of nitrogens with two attached hydrogens (primary N) is 1. The summed E-state index contributed by atoms with van der Waals surface area (Å²) < 4.78 is 7.65. The van der Waals surface area contributed by atoms with Crippen molar-refractivity contribution in [2.45, 2.75) is 32.0 Å². The minimum absolute atomic E-state index is 0.0465. The van der Waals surface area contributed by atoms with Crippen molar-refractivity contribution in [1.29, 1.82) is 0 Å². The Morgan fingerprint density at radius 1 is 1.16 bits per heavy atom. The second-order valence-electron chi connectivity index (χ2n) is 7.66. The van der Waals surface area contributed by atoms with Gasteiger partial charge in [0, 0.05) is 18.2 Å². The molecular weight excluding hydrogens is 414 g/mol. The average molecular weight is 436 g/mol. The largest absolute Gasteiger partial charge is 0.384 e. The number of aromatic nitrogens is 3. The number of hydrogen-bond donors (Lipinski definition) is 2. The van der Waals surface area contributed by atoms with Crippen molar-refractivity contribution < 1.29 is 9.53 Å². The molecule has 1 aliphatic rings. The van der Waals surface area contributed by atoms with Crippen molar-refractivity contribution in [2.24, 2.45) is 0 Å². The van der Waals surface area contributed by atoms with Crippen LogP contribution in [0.15, 0.2) is 48.5 Å². The number of amides is 1. The van der Waals surface area contributed by atoms with Gasteiger partial charge < -0.3 is 20.4 Å². The summed E-state index contributed by atoms with van der Waals surface area (Å²) in [6.45, 7) is 1.56. The predicted octanol–water partition coefficient (Wildman–Crippen LogP) is 3.93. The third-order valence-corrected chi connectivity index (χ3v) is 5.99. The van der Waals surface area contributed by atoms with Gasteiger partial charge in [0.25, 0.3) is 5.91 Å². The Bertz CT molecular complexity index is 1280. The highest BCUT2D eigenvalue weighted by Gasteiger charge is 2.26. The zero-order chi connectivity index (χ0) is 21.4. The first-order chi connectivity index (χ1) is 15.1. The molecule has 8 heteroatoms. The molecule has 31 heavy (non-hydrogen) atoms. The highest BCUT2D eigenvalue weighted by molar-refractivity contribution is 6.31. The topological polar surface area (TPSA) is 95.1 Å². The molecule has 1 aliphatic heterocycles. The molecule has 3 heterocycles. The lowest BCUT2D eigenvalue weighted by atomic mass is 10.2. The fourth-order valence-corrected chi connectivity index (χ4v) is 4.23. The Hall–Kier alpha value is -3.16. The van der Waals surface area contributed by atoms with Crippen molar-refractivity contribution in [2.75, 3.05) is 12.3 Å². The summed E-state index contributed by atoms with van der Waals surface area (Å²) in [6, 6.07) is 15.0. The molecule has 0 spiro atoms. The van der Waals surface area contributed by atoms with E-state index in [0.717, 1.165) is 30.5 Å². The molecule has 0 aliphatic carbocycles. The van der Waals surface area contributed by atoms with Gasteiger partial charge in [-0.25, -0.2) is 9.97 Å². The molecular formula is C23H22ClN5O2. The summed E-state index contributed by atoms with van der Waals surface area (Å²) in [7, 11) is 0. The van der Waals surface area contributed by atoms with E-state index in [1.54, 1.807) is 6.07 Å². The maximum absolute atomic E-state index is 13.2. The maximum atomic E-state index is 13.2. The van der Waals surface area contributed by atoms with Crippen LogP contribution >= 0.6 is 11.6 Å². The van der Waals surface area contributed by atoms with Gasteiger partial charge in [-0.15, -0.1) is 0 Å². The molecule has 5 rings (SSSR count). The van der Waals surface area contributed by atoms with Crippen LogP contribution in [0, 0.1) is 0 Å². The van der Waals surface area contributed by atoms with Gasteiger partial charge in [-0.2, -0.15) is 0 Å². The highest BCUT2D eigenvalue weighted by atomic mass is 35.5. The number of fused-ring (bicyclic) bond motifs is 2. The van der Waals surface area contributed by atoms with Gasteiger partial charge in [0.1, 0.15) is 16.9 Å². The number of hydrogen-bond acceptors (Lipinski definition) is 5. The van der Waals surface area contributed by atoms with Crippen LogP contribution in [0.1, 0.15) is 28.8 Å². The van der Waals surface area contributed by atoms with Gasteiger partial charge in [0.2, 0.25) is 0 Å².